The number of terminal acetylenes is 1. The third-order valence-corrected chi connectivity index (χ3v) is 1.95. The van der Waals surface area contributed by atoms with Gasteiger partial charge in [-0.2, -0.15) is 0 Å². The van der Waals surface area contributed by atoms with E-state index < -0.39 is 6.09 Å². The van der Waals surface area contributed by atoms with Crippen LogP contribution in [0.25, 0.3) is 0 Å². The highest BCUT2D eigenvalue weighted by molar-refractivity contribution is 5.94. The van der Waals surface area contributed by atoms with Crippen molar-refractivity contribution in [2.45, 2.75) is 0 Å². The molecule has 0 aromatic heterocycles. The van der Waals surface area contributed by atoms with Crippen LogP contribution in [0.5, 0.6) is 0 Å². The molecular formula is C12H12N2O3. The first-order valence-corrected chi connectivity index (χ1v) is 4.90. The Morgan fingerprint density at radius 2 is 2.00 bits per heavy atom. The van der Waals surface area contributed by atoms with Gasteiger partial charge >= 0.3 is 6.09 Å². The molecule has 0 spiro atoms. The Morgan fingerprint density at radius 3 is 2.53 bits per heavy atom. The van der Waals surface area contributed by atoms with E-state index in [0.29, 0.717) is 11.1 Å². The van der Waals surface area contributed by atoms with Crippen molar-refractivity contribution in [3.8, 4) is 12.3 Å². The number of benzene rings is 1. The fourth-order valence-corrected chi connectivity index (χ4v) is 1.14. The van der Waals surface area contributed by atoms with Crippen molar-refractivity contribution in [2.75, 3.05) is 13.2 Å². The Hall–Kier alpha value is -2.48. The Labute approximate surface area is 98.9 Å². The van der Waals surface area contributed by atoms with E-state index in [2.05, 4.69) is 16.0 Å². The molecule has 0 radical (unpaired) electrons. The van der Waals surface area contributed by atoms with Gasteiger partial charge in [0.15, 0.2) is 0 Å². The quantitative estimate of drug-likeness (QED) is 0.585. The summed E-state index contributed by atoms with van der Waals surface area (Å²) in [7, 11) is 0. The van der Waals surface area contributed by atoms with Crippen molar-refractivity contribution in [3.05, 3.63) is 35.4 Å². The molecule has 2 amide bonds. The molecule has 3 N–H and O–H groups in total. The lowest BCUT2D eigenvalue weighted by atomic mass is 10.1. The van der Waals surface area contributed by atoms with Crippen molar-refractivity contribution in [1.82, 2.24) is 5.32 Å². The molecular weight excluding hydrogens is 220 g/mol. The van der Waals surface area contributed by atoms with Gasteiger partial charge in [0.1, 0.15) is 6.61 Å². The predicted molar refractivity (Wildman–Crippen MR) is 62.2 cm³/mol. The topological polar surface area (TPSA) is 81.4 Å². The van der Waals surface area contributed by atoms with Gasteiger partial charge < -0.3 is 15.8 Å². The van der Waals surface area contributed by atoms with Gasteiger partial charge in [-0.05, 0) is 24.3 Å². The Balaban J connectivity index is 2.42. The summed E-state index contributed by atoms with van der Waals surface area (Å²) in [5, 5.41) is 2.57. The molecule has 0 fully saturated rings. The standard InChI is InChI=1S/C12H12N2O3/c1-2-9-3-5-10(6-4-9)11(15)14-7-8-17-12(13)16/h1,3-6H,7-8H2,(H2,13,16)(H,14,15). The molecule has 88 valence electrons. The highest BCUT2D eigenvalue weighted by Gasteiger charge is 2.04. The lowest BCUT2D eigenvalue weighted by molar-refractivity contribution is 0.0937. The number of hydrogen-bond donors (Lipinski definition) is 2. The molecule has 0 heterocycles. The van der Waals surface area contributed by atoms with E-state index in [4.69, 9.17) is 12.2 Å². The summed E-state index contributed by atoms with van der Waals surface area (Å²) in [4.78, 5) is 21.8. The van der Waals surface area contributed by atoms with E-state index in [-0.39, 0.29) is 19.1 Å². The Bertz CT molecular complexity index is 446. The smallest absolute Gasteiger partial charge is 0.404 e. The number of ether oxygens (including phenoxy) is 1. The zero-order valence-corrected chi connectivity index (χ0v) is 9.10. The van der Waals surface area contributed by atoms with Crippen LogP contribution in [0.15, 0.2) is 24.3 Å². The maximum Gasteiger partial charge on any atom is 0.404 e. The number of hydrogen-bond acceptors (Lipinski definition) is 3. The summed E-state index contributed by atoms with van der Waals surface area (Å²) >= 11 is 0. The van der Waals surface area contributed by atoms with Crippen LogP contribution >= 0.6 is 0 Å². The highest BCUT2D eigenvalue weighted by atomic mass is 16.5. The zero-order chi connectivity index (χ0) is 12.7. The third kappa shape index (κ3) is 4.26. The molecule has 0 aliphatic carbocycles. The number of amides is 2. The summed E-state index contributed by atoms with van der Waals surface area (Å²) in [6.07, 6.45) is 4.33. The van der Waals surface area contributed by atoms with Crippen LogP contribution in [0.1, 0.15) is 15.9 Å². The lowest BCUT2D eigenvalue weighted by Gasteiger charge is -2.05. The second-order valence-corrected chi connectivity index (χ2v) is 3.15. The van der Waals surface area contributed by atoms with Gasteiger partial charge in [-0.1, -0.05) is 5.92 Å². The van der Waals surface area contributed by atoms with Crippen molar-refractivity contribution in [1.29, 1.82) is 0 Å². The molecule has 1 aromatic rings. The molecule has 0 saturated carbocycles. The average Bonchev–Trinajstić information content (AvgIpc) is 2.34. The number of carbonyl (C=O) groups is 2. The Morgan fingerprint density at radius 1 is 1.35 bits per heavy atom. The van der Waals surface area contributed by atoms with Crippen LogP contribution in [0.3, 0.4) is 0 Å². The predicted octanol–water partition coefficient (Wildman–Crippen LogP) is 0.493. The first-order valence-electron chi connectivity index (χ1n) is 4.90. The summed E-state index contributed by atoms with van der Waals surface area (Å²) < 4.78 is 4.46. The molecule has 5 heteroatoms. The number of primary amides is 1. The molecule has 0 atom stereocenters. The first kappa shape index (κ1) is 12.6. The van der Waals surface area contributed by atoms with Crippen molar-refractivity contribution < 1.29 is 14.3 Å². The molecule has 1 aromatic carbocycles. The fraction of sp³-hybridized carbons (Fsp3) is 0.167. The SMILES string of the molecule is C#Cc1ccc(C(=O)NCCOC(N)=O)cc1. The highest BCUT2D eigenvalue weighted by Crippen LogP contribution is 2.02. The average molecular weight is 232 g/mol. The van der Waals surface area contributed by atoms with Crippen molar-refractivity contribution in [2.24, 2.45) is 5.73 Å². The van der Waals surface area contributed by atoms with Crippen LogP contribution in [0.2, 0.25) is 0 Å². The van der Waals surface area contributed by atoms with Crippen molar-refractivity contribution >= 4 is 12.0 Å². The van der Waals surface area contributed by atoms with E-state index in [9.17, 15) is 9.59 Å². The molecule has 0 aliphatic heterocycles. The molecule has 1 rings (SSSR count). The minimum atomic E-state index is -0.863. The van der Waals surface area contributed by atoms with Crippen LogP contribution in [-0.4, -0.2) is 25.2 Å². The third-order valence-electron chi connectivity index (χ3n) is 1.95. The van der Waals surface area contributed by atoms with Gasteiger partial charge in [-0.3, -0.25) is 4.79 Å². The number of nitrogens with two attached hydrogens (primary N) is 1. The van der Waals surface area contributed by atoms with Crippen LogP contribution in [0.4, 0.5) is 4.79 Å². The van der Waals surface area contributed by atoms with Crippen LogP contribution in [0, 0.1) is 12.3 Å². The minimum absolute atomic E-state index is 0.0452. The number of carbonyl (C=O) groups excluding carboxylic acids is 2. The maximum atomic E-state index is 11.6. The molecule has 0 bridgehead atoms. The summed E-state index contributed by atoms with van der Waals surface area (Å²) in [6, 6.07) is 6.60. The van der Waals surface area contributed by atoms with Gasteiger partial charge in [-0.25, -0.2) is 4.79 Å². The van der Waals surface area contributed by atoms with Gasteiger partial charge in [0, 0.05) is 11.1 Å². The van der Waals surface area contributed by atoms with E-state index in [1.807, 2.05) is 0 Å². The molecule has 0 saturated heterocycles. The number of rotatable bonds is 4. The van der Waals surface area contributed by atoms with Gasteiger partial charge in [0.2, 0.25) is 0 Å². The molecule has 17 heavy (non-hydrogen) atoms. The first-order chi connectivity index (χ1) is 8.13. The van der Waals surface area contributed by atoms with Crippen LogP contribution < -0.4 is 11.1 Å². The molecule has 0 aliphatic rings. The summed E-state index contributed by atoms with van der Waals surface area (Å²) in [5.74, 6) is 2.19. The second-order valence-electron chi connectivity index (χ2n) is 3.15. The van der Waals surface area contributed by atoms with E-state index in [1.165, 1.54) is 0 Å². The van der Waals surface area contributed by atoms with Gasteiger partial charge in [-0.15, -0.1) is 6.42 Å². The monoisotopic (exact) mass is 232 g/mol. The summed E-state index contributed by atoms with van der Waals surface area (Å²) in [6.45, 7) is 0.252. The minimum Gasteiger partial charge on any atom is -0.448 e. The summed E-state index contributed by atoms with van der Waals surface area (Å²) in [5.41, 5.74) is 5.96. The second kappa shape index (κ2) is 6.18. The van der Waals surface area contributed by atoms with E-state index in [1.54, 1.807) is 24.3 Å². The van der Waals surface area contributed by atoms with E-state index in [0.717, 1.165) is 0 Å². The number of nitrogens with one attached hydrogen (secondary N) is 1. The van der Waals surface area contributed by atoms with Crippen LogP contribution in [-0.2, 0) is 4.74 Å². The molecule has 0 unspecified atom stereocenters. The normalized spacial score (nSPS) is 9.12. The maximum absolute atomic E-state index is 11.6. The Kier molecular flexibility index (Phi) is 4.58. The lowest BCUT2D eigenvalue weighted by Crippen LogP contribution is -2.28. The zero-order valence-electron chi connectivity index (χ0n) is 9.10. The van der Waals surface area contributed by atoms with Gasteiger partial charge in [0.25, 0.3) is 5.91 Å². The fourth-order valence-electron chi connectivity index (χ4n) is 1.14. The molecule has 5 nitrogen and oxygen atoms in total. The largest absolute Gasteiger partial charge is 0.448 e. The van der Waals surface area contributed by atoms with Crippen molar-refractivity contribution in [3.63, 3.8) is 0 Å². The van der Waals surface area contributed by atoms with E-state index >= 15 is 0 Å². The van der Waals surface area contributed by atoms with Gasteiger partial charge in [0.05, 0.1) is 6.54 Å².